The summed E-state index contributed by atoms with van der Waals surface area (Å²) in [6, 6.07) is 1.56. The average molecular weight is 191 g/mol. The van der Waals surface area contributed by atoms with E-state index in [4.69, 9.17) is 0 Å². The van der Waals surface area contributed by atoms with Crippen LogP contribution in [0.5, 0.6) is 0 Å². The molecule has 2 aromatic rings. The first-order valence-electron chi connectivity index (χ1n) is 3.57. The lowest BCUT2D eigenvalue weighted by atomic mass is 10.4. The van der Waals surface area contributed by atoms with Crippen LogP contribution in [0.2, 0.25) is 0 Å². The molecule has 0 aliphatic rings. The van der Waals surface area contributed by atoms with Gasteiger partial charge in [-0.1, -0.05) is 0 Å². The van der Waals surface area contributed by atoms with Crippen molar-refractivity contribution in [2.45, 2.75) is 0 Å². The third-order valence-corrected chi connectivity index (χ3v) is 2.05. The van der Waals surface area contributed by atoms with Gasteiger partial charge in [-0.2, -0.15) is 0 Å². The summed E-state index contributed by atoms with van der Waals surface area (Å²) in [6.07, 6.45) is 2.24. The Morgan fingerprint density at radius 1 is 1.38 bits per heavy atom. The summed E-state index contributed by atoms with van der Waals surface area (Å²) in [6.45, 7) is 0. The molecule has 0 saturated carbocycles. The molecule has 13 heavy (non-hydrogen) atoms. The maximum absolute atomic E-state index is 10.4. The van der Waals surface area contributed by atoms with Crippen molar-refractivity contribution in [2.75, 3.05) is 0 Å². The zero-order valence-electron chi connectivity index (χ0n) is 6.54. The summed E-state index contributed by atoms with van der Waals surface area (Å²) >= 11 is 1.47. The molecule has 0 amide bonds. The summed E-state index contributed by atoms with van der Waals surface area (Å²) in [4.78, 5) is 22.5. The number of hydrogen-bond acceptors (Lipinski definition) is 5. The topological polar surface area (TPSA) is 55.7 Å². The van der Waals surface area contributed by atoms with Crippen LogP contribution in [0.25, 0.3) is 11.5 Å². The van der Waals surface area contributed by atoms with Gasteiger partial charge in [-0.05, 0) is 6.07 Å². The molecule has 2 rings (SSSR count). The van der Waals surface area contributed by atoms with Gasteiger partial charge in [-0.25, -0.2) is 15.0 Å². The summed E-state index contributed by atoms with van der Waals surface area (Å²) in [7, 11) is 0. The average Bonchev–Trinajstić information content (AvgIpc) is 2.71. The first-order chi connectivity index (χ1) is 6.40. The van der Waals surface area contributed by atoms with E-state index in [-0.39, 0.29) is 0 Å². The van der Waals surface area contributed by atoms with Gasteiger partial charge < -0.3 is 0 Å². The normalized spacial score (nSPS) is 9.85. The van der Waals surface area contributed by atoms with Crippen LogP contribution in [0.3, 0.4) is 0 Å². The van der Waals surface area contributed by atoms with Crippen molar-refractivity contribution >= 4 is 17.6 Å². The molecule has 0 unspecified atom stereocenters. The van der Waals surface area contributed by atoms with Crippen LogP contribution < -0.4 is 0 Å². The van der Waals surface area contributed by atoms with Gasteiger partial charge >= 0.3 is 0 Å². The Morgan fingerprint density at radius 2 is 2.31 bits per heavy atom. The zero-order valence-corrected chi connectivity index (χ0v) is 7.36. The highest BCUT2D eigenvalue weighted by Gasteiger charge is 2.02. The van der Waals surface area contributed by atoms with Crippen molar-refractivity contribution in [1.29, 1.82) is 0 Å². The van der Waals surface area contributed by atoms with Crippen molar-refractivity contribution in [1.82, 2.24) is 15.0 Å². The maximum Gasteiger partial charge on any atom is 0.179 e. The number of hydrogen-bond donors (Lipinski definition) is 0. The van der Waals surface area contributed by atoms with Gasteiger partial charge in [-0.3, -0.25) is 4.79 Å². The van der Waals surface area contributed by atoms with E-state index in [2.05, 4.69) is 15.0 Å². The Labute approximate surface area is 78.3 Å². The minimum atomic E-state index is 0.373. The number of aromatic nitrogens is 3. The zero-order chi connectivity index (χ0) is 9.10. The summed E-state index contributed by atoms with van der Waals surface area (Å²) < 4.78 is 0. The molecule has 0 aliphatic carbocycles. The van der Waals surface area contributed by atoms with Crippen molar-refractivity contribution in [2.24, 2.45) is 0 Å². The molecule has 0 N–H and O–H groups in total. The van der Waals surface area contributed by atoms with E-state index < -0.39 is 0 Å². The molecule has 0 radical (unpaired) electrons. The fourth-order valence-electron chi connectivity index (χ4n) is 0.885. The highest BCUT2D eigenvalue weighted by atomic mass is 32.1. The number of nitrogens with zero attached hydrogens (tertiary/aromatic N) is 3. The van der Waals surface area contributed by atoms with Gasteiger partial charge in [0.25, 0.3) is 0 Å². The van der Waals surface area contributed by atoms with E-state index in [9.17, 15) is 4.79 Å². The highest BCUT2D eigenvalue weighted by Crippen LogP contribution is 2.13. The minimum Gasteiger partial charge on any atom is -0.296 e. The second kappa shape index (κ2) is 3.40. The van der Waals surface area contributed by atoms with E-state index in [1.165, 1.54) is 11.3 Å². The van der Waals surface area contributed by atoms with Crippen LogP contribution in [0.15, 0.2) is 23.2 Å². The molecule has 0 spiro atoms. The van der Waals surface area contributed by atoms with Gasteiger partial charge in [-0.15, -0.1) is 11.3 Å². The molecule has 0 aromatic carbocycles. The molecule has 5 heteroatoms. The standard InChI is InChI=1S/C8H5N3OS/c12-3-6-1-2-9-8(11-6)7-4-13-5-10-7/h1-5H. The van der Waals surface area contributed by atoms with Crippen LogP contribution >= 0.6 is 11.3 Å². The van der Waals surface area contributed by atoms with Crippen LogP contribution in [-0.4, -0.2) is 21.2 Å². The van der Waals surface area contributed by atoms with Gasteiger partial charge in [0.15, 0.2) is 12.1 Å². The lowest BCUT2D eigenvalue weighted by Crippen LogP contribution is -1.92. The molecular weight excluding hydrogens is 186 g/mol. The van der Waals surface area contributed by atoms with E-state index in [0.29, 0.717) is 23.5 Å². The third-order valence-electron chi connectivity index (χ3n) is 1.46. The Morgan fingerprint density at radius 3 is 3.00 bits per heavy atom. The molecule has 0 aliphatic heterocycles. The number of carbonyl (C=O) groups excluding carboxylic acids is 1. The minimum absolute atomic E-state index is 0.373. The maximum atomic E-state index is 10.4. The van der Waals surface area contributed by atoms with Gasteiger partial charge in [0.1, 0.15) is 11.4 Å². The number of rotatable bonds is 2. The van der Waals surface area contributed by atoms with Crippen LogP contribution in [0, 0.1) is 0 Å². The van der Waals surface area contributed by atoms with Crippen molar-refractivity contribution in [3.63, 3.8) is 0 Å². The fraction of sp³-hybridized carbons (Fsp3) is 0. The monoisotopic (exact) mass is 191 g/mol. The molecule has 0 fully saturated rings. The Bertz CT molecular complexity index is 413. The SMILES string of the molecule is O=Cc1ccnc(-c2cscn2)n1. The number of aldehydes is 1. The van der Waals surface area contributed by atoms with Crippen LogP contribution in [-0.2, 0) is 0 Å². The van der Waals surface area contributed by atoms with Gasteiger partial charge in [0.05, 0.1) is 5.51 Å². The Kier molecular flexibility index (Phi) is 2.09. The van der Waals surface area contributed by atoms with Crippen LogP contribution in [0.4, 0.5) is 0 Å². The highest BCUT2D eigenvalue weighted by molar-refractivity contribution is 7.07. The summed E-state index contributed by atoms with van der Waals surface area (Å²) in [5, 5.41) is 1.84. The molecule has 0 atom stereocenters. The molecule has 2 heterocycles. The molecular formula is C8H5N3OS. The number of carbonyl (C=O) groups is 1. The molecule has 2 aromatic heterocycles. The van der Waals surface area contributed by atoms with E-state index in [1.807, 2.05) is 5.38 Å². The first-order valence-corrected chi connectivity index (χ1v) is 4.51. The smallest absolute Gasteiger partial charge is 0.179 e. The van der Waals surface area contributed by atoms with Gasteiger partial charge in [0.2, 0.25) is 0 Å². The predicted octanol–water partition coefficient (Wildman–Crippen LogP) is 1.41. The molecule has 4 nitrogen and oxygen atoms in total. The third kappa shape index (κ3) is 1.59. The van der Waals surface area contributed by atoms with Gasteiger partial charge in [0, 0.05) is 11.6 Å². The molecule has 0 saturated heterocycles. The summed E-state index contributed by atoms with van der Waals surface area (Å²) in [5.74, 6) is 0.492. The largest absolute Gasteiger partial charge is 0.296 e. The second-order valence-corrected chi connectivity index (χ2v) is 3.02. The lowest BCUT2D eigenvalue weighted by Gasteiger charge is -1.94. The molecule has 0 bridgehead atoms. The quantitative estimate of drug-likeness (QED) is 0.673. The molecule has 64 valence electrons. The first kappa shape index (κ1) is 8.00. The number of thiazole rings is 1. The van der Waals surface area contributed by atoms with Crippen molar-refractivity contribution < 1.29 is 4.79 Å². The van der Waals surface area contributed by atoms with Crippen molar-refractivity contribution in [3.05, 3.63) is 28.8 Å². The Hall–Kier alpha value is -1.62. The lowest BCUT2D eigenvalue weighted by molar-refractivity contribution is 0.111. The fourth-order valence-corrected chi connectivity index (χ4v) is 1.42. The Balaban J connectivity index is 2.47. The second-order valence-electron chi connectivity index (χ2n) is 2.30. The van der Waals surface area contributed by atoms with E-state index in [0.717, 1.165) is 0 Å². The van der Waals surface area contributed by atoms with E-state index >= 15 is 0 Å². The summed E-state index contributed by atoms with van der Waals surface area (Å²) in [5.41, 5.74) is 2.78. The van der Waals surface area contributed by atoms with Crippen molar-refractivity contribution in [3.8, 4) is 11.5 Å². The predicted molar refractivity (Wildman–Crippen MR) is 48.5 cm³/mol. The van der Waals surface area contributed by atoms with Crippen LogP contribution in [0.1, 0.15) is 10.5 Å². The van der Waals surface area contributed by atoms with E-state index in [1.54, 1.807) is 17.8 Å².